The lowest BCUT2D eigenvalue weighted by atomic mass is 10.1. The van der Waals surface area contributed by atoms with Gasteiger partial charge >= 0.3 is 0 Å². The maximum absolute atomic E-state index is 6.30. The van der Waals surface area contributed by atoms with Gasteiger partial charge in [0.05, 0.1) is 24.6 Å². The second-order valence-corrected chi connectivity index (χ2v) is 9.04. The predicted octanol–water partition coefficient (Wildman–Crippen LogP) is 3.63. The highest BCUT2D eigenvalue weighted by Crippen LogP contribution is 2.34. The minimum absolute atomic E-state index is 0.509. The average Bonchev–Trinajstić information content (AvgIpc) is 3.25. The first kappa shape index (κ1) is 22.9. The number of nitrogens with zero attached hydrogens (tertiary/aromatic N) is 8. The Morgan fingerprint density at radius 2 is 0.971 bits per heavy atom. The second kappa shape index (κ2) is 9.09. The Bertz CT molecular complexity index is 1260. The Labute approximate surface area is 204 Å². The Balaban J connectivity index is 1.65. The van der Waals surface area contributed by atoms with Gasteiger partial charge < -0.3 is 9.47 Å². The molecule has 5 rings (SSSR count). The highest BCUT2D eigenvalue weighted by atomic mass is 16.5. The van der Waals surface area contributed by atoms with Crippen molar-refractivity contribution in [3.63, 3.8) is 0 Å². The molecule has 0 N–H and O–H groups in total. The van der Waals surface area contributed by atoms with Crippen LogP contribution in [0.5, 0.6) is 11.8 Å². The van der Waals surface area contributed by atoms with Gasteiger partial charge in [0.1, 0.15) is 0 Å². The lowest BCUT2D eigenvalue weighted by Gasteiger charge is -2.11. The van der Waals surface area contributed by atoms with Crippen molar-refractivity contribution >= 4 is 0 Å². The highest BCUT2D eigenvalue weighted by Gasteiger charge is 2.26. The summed E-state index contributed by atoms with van der Waals surface area (Å²) in [5.41, 5.74) is 7.15. The maximum Gasteiger partial charge on any atom is 0.254 e. The van der Waals surface area contributed by atoms with Crippen molar-refractivity contribution in [2.45, 2.75) is 60.8 Å². The third-order valence-electron chi connectivity index (χ3n) is 5.96. The van der Waals surface area contributed by atoms with Crippen LogP contribution in [0.3, 0.4) is 0 Å². The van der Waals surface area contributed by atoms with E-state index in [9.17, 15) is 0 Å². The predicted molar refractivity (Wildman–Crippen MR) is 130 cm³/mol. The molecule has 35 heavy (non-hydrogen) atoms. The van der Waals surface area contributed by atoms with Gasteiger partial charge in [-0.3, -0.25) is 0 Å². The summed E-state index contributed by atoms with van der Waals surface area (Å²) in [6.45, 7) is 12.9. The van der Waals surface area contributed by atoms with Crippen LogP contribution in [0, 0.1) is 41.5 Å². The number of hydrogen-bond acceptors (Lipinski definition) is 8. The maximum atomic E-state index is 6.30. The van der Waals surface area contributed by atoms with Crippen molar-refractivity contribution in [3.8, 4) is 23.7 Å². The fourth-order valence-corrected chi connectivity index (χ4v) is 4.37. The van der Waals surface area contributed by atoms with Gasteiger partial charge in [0.25, 0.3) is 11.9 Å². The van der Waals surface area contributed by atoms with Crippen LogP contribution in [0.15, 0.2) is 12.1 Å². The van der Waals surface area contributed by atoms with E-state index in [0.29, 0.717) is 43.3 Å². The summed E-state index contributed by atoms with van der Waals surface area (Å²) in [7, 11) is 0. The number of aromatic nitrogens is 8. The molecule has 10 nitrogen and oxygen atoms in total. The molecular formula is C25H30N8O2. The molecule has 4 aromatic heterocycles. The summed E-state index contributed by atoms with van der Waals surface area (Å²) < 4.78 is 16.0. The highest BCUT2D eigenvalue weighted by molar-refractivity contribution is 5.45. The molecule has 182 valence electrons. The fourth-order valence-electron chi connectivity index (χ4n) is 4.37. The largest absolute Gasteiger partial charge is 0.477 e. The van der Waals surface area contributed by atoms with E-state index >= 15 is 0 Å². The van der Waals surface area contributed by atoms with Crippen LogP contribution in [0.25, 0.3) is 11.9 Å². The number of hydrogen-bond donors (Lipinski definition) is 0. The van der Waals surface area contributed by atoms with Crippen molar-refractivity contribution in [1.29, 1.82) is 0 Å². The van der Waals surface area contributed by atoms with Gasteiger partial charge in [-0.1, -0.05) is 0 Å². The molecule has 1 aliphatic heterocycles. The summed E-state index contributed by atoms with van der Waals surface area (Å²) in [4.78, 5) is 18.5. The molecule has 4 aromatic rings. The van der Waals surface area contributed by atoms with Gasteiger partial charge in [-0.25, -0.2) is 19.9 Å². The van der Waals surface area contributed by atoms with Crippen molar-refractivity contribution in [1.82, 2.24) is 39.5 Å². The number of fused-ring (bicyclic) bond motifs is 2. The zero-order chi connectivity index (χ0) is 24.7. The van der Waals surface area contributed by atoms with Gasteiger partial charge in [-0.05, 0) is 66.5 Å². The van der Waals surface area contributed by atoms with E-state index in [-0.39, 0.29) is 0 Å². The summed E-state index contributed by atoms with van der Waals surface area (Å²) in [5.74, 6) is 2.34. The molecule has 0 bridgehead atoms. The first-order chi connectivity index (χ1) is 16.8. The van der Waals surface area contributed by atoms with Crippen LogP contribution in [0.2, 0.25) is 0 Å². The van der Waals surface area contributed by atoms with E-state index in [0.717, 1.165) is 58.1 Å². The van der Waals surface area contributed by atoms with Gasteiger partial charge in [0.15, 0.2) is 0 Å². The quantitative estimate of drug-likeness (QED) is 0.434. The van der Waals surface area contributed by atoms with E-state index in [1.165, 1.54) is 0 Å². The average molecular weight is 475 g/mol. The van der Waals surface area contributed by atoms with Crippen LogP contribution in [0.1, 0.15) is 58.1 Å². The summed E-state index contributed by atoms with van der Waals surface area (Å²) >= 11 is 0. The zero-order valence-electron chi connectivity index (χ0n) is 21.1. The van der Waals surface area contributed by atoms with Gasteiger partial charge in [-0.15, -0.1) is 0 Å². The summed E-state index contributed by atoms with van der Waals surface area (Å²) in [5, 5.41) is 9.55. The molecule has 5 heterocycles. The molecule has 0 aliphatic carbocycles. The molecule has 0 aromatic carbocycles. The molecule has 0 spiro atoms. The van der Waals surface area contributed by atoms with Crippen LogP contribution in [0.4, 0.5) is 0 Å². The lowest BCUT2D eigenvalue weighted by molar-refractivity contribution is 0.249. The molecule has 0 atom stereocenters. The van der Waals surface area contributed by atoms with Crippen molar-refractivity contribution < 1.29 is 9.47 Å². The second-order valence-electron chi connectivity index (χ2n) is 9.04. The van der Waals surface area contributed by atoms with E-state index < -0.39 is 0 Å². The SMILES string of the molecule is Cc1cc(C)nc(-n2nc(C)c3c2OCCCCOc2c(c(C)nn2-c2nc(C)cc(C)n2)C3)n1. The van der Waals surface area contributed by atoms with Crippen LogP contribution >= 0.6 is 0 Å². The van der Waals surface area contributed by atoms with E-state index in [4.69, 9.17) is 19.7 Å². The lowest BCUT2D eigenvalue weighted by Crippen LogP contribution is -2.11. The molecule has 0 radical (unpaired) electrons. The standard InChI is InChI=1S/C25H30N8O2/c1-14-11-15(2)27-24(26-14)32-22-20(18(5)30-32)13-21-19(6)31-33(23(21)35-10-8-7-9-34-22)25-28-16(3)12-17(4)29-25/h11-12H,7-10,13H2,1-6H3. The van der Waals surface area contributed by atoms with E-state index in [1.54, 1.807) is 9.36 Å². The fraction of sp³-hybridized carbons (Fsp3) is 0.440. The Morgan fingerprint density at radius 1 is 0.600 bits per heavy atom. The van der Waals surface area contributed by atoms with Crippen LogP contribution in [-0.4, -0.2) is 52.7 Å². The monoisotopic (exact) mass is 474 g/mol. The first-order valence-electron chi connectivity index (χ1n) is 11.9. The van der Waals surface area contributed by atoms with Crippen LogP contribution < -0.4 is 9.47 Å². The molecule has 0 amide bonds. The molecule has 10 heteroatoms. The Hall–Kier alpha value is -3.82. The van der Waals surface area contributed by atoms with Crippen molar-refractivity contribution in [3.05, 3.63) is 57.4 Å². The number of rotatable bonds is 2. The zero-order valence-corrected chi connectivity index (χ0v) is 21.1. The van der Waals surface area contributed by atoms with Crippen LogP contribution in [-0.2, 0) is 6.42 Å². The minimum Gasteiger partial charge on any atom is -0.477 e. The molecule has 0 fully saturated rings. The normalized spacial score (nSPS) is 13.9. The third-order valence-corrected chi connectivity index (χ3v) is 5.96. The molecule has 1 aliphatic rings. The smallest absolute Gasteiger partial charge is 0.254 e. The van der Waals surface area contributed by atoms with Crippen molar-refractivity contribution in [2.75, 3.05) is 13.2 Å². The molecule has 0 saturated heterocycles. The minimum atomic E-state index is 0.509. The topological polar surface area (TPSA) is 106 Å². The number of aryl methyl sites for hydroxylation is 6. The number of ether oxygens (including phenoxy) is 2. The first-order valence-corrected chi connectivity index (χ1v) is 11.9. The molecule has 0 unspecified atom stereocenters. The van der Waals surface area contributed by atoms with E-state index in [2.05, 4.69) is 19.9 Å². The van der Waals surface area contributed by atoms with Gasteiger partial charge in [-0.2, -0.15) is 19.6 Å². The van der Waals surface area contributed by atoms with Crippen molar-refractivity contribution in [2.24, 2.45) is 0 Å². The summed E-state index contributed by atoms with van der Waals surface area (Å²) in [6, 6.07) is 3.89. The van der Waals surface area contributed by atoms with Gasteiger partial charge in [0, 0.05) is 40.3 Å². The Morgan fingerprint density at radius 3 is 1.34 bits per heavy atom. The molecule has 0 saturated carbocycles. The van der Waals surface area contributed by atoms with Gasteiger partial charge in [0.2, 0.25) is 11.8 Å². The summed E-state index contributed by atoms with van der Waals surface area (Å²) in [6.07, 6.45) is 2.21. The molecular weight excluding hydrogens is 444 g/mol. The third kappa shape index (κ3) is 4.48. The van der Waals surface area contributed by atoms with E-state index in [1.807, 2.05) is 53.7 Å². The Kier molecular flexibility index (Phi) is 5.96.